The second-order valence-corrected chi connectivity index (χ2v) is 3.67. The third-order valence-electron chi connectivity index (χ3n) is 2.04. The van der Waals surface area contributed by atoms with Gasteiger partial charge in [-0.05, 0) is 31.4 Å². The average Bonchev–Trinajstić information content (AvgIpc) is 2.16. The fraction of sp³-hybridized carbons (Fsp3) is 0.818. The number of hydrogen-bond acceptors (Lipinski definition) is 3. The standard InChI is InChI=1S/C11H21NO2/c1-3-6-10(2)9-14-11(13)7-4-5-8-12/h8,10,12H,3-7,9H2,1-2H3. The highest BCUT2D eigenvalue weighted by atomic mass is 16.5. The first kappa shape index (κ1) is 13.1. The van der Waals surface area contributed by atoms with Crippen molar-refractivity contribution in [2.75, 3.05) is 6.61 Å². The third-order valence-corrected chi connectivity index (χ3v) is 2.04. The van der Waals surface area contributed by atoms with Crippen LogP contribution in [0.15, 0.2) is 0 Å². The molecule has 1 atom stereocenters. The van der Waals surface area contributed by atoms with Crippen molar-refractivity contribution in [2.45, 2.75) is 46.0 Å². The van der Waals surface area contributed by atoms with Crippen LogP contribution in [0.5, 0.6) is 0 Å². The predicted octanol–water partition coefficient (Wildman–Crippen LogP) is 2.79. The molecule has 0 aromatic carbocycles. The largest absolute Gasteiger partial charge is 0.465 e. The maximum absolute atomic E-state index is 11.1. The first-order valence-corrected chi connectivity index (χ1v) is 5.35. The predicted molar refractivity (Wildman–Crippen MR) is 57.7 cm³/mol. The Morgan fingerprint density at radius 2 is 2.29 bits per heavy atom. The van der Waals surface area contributed by atoms with E-state index in [4.69, 9.17) is 10.1 Å². The van der Waals surface area contributed by atoms with E-state index >= 15 is 0 Å². The van der Waals surface area contributed by atoms with Gasteiger partial charge in [0, 0.05) is 6.42 Å². The molecule has 0 aromatic heterocycles. The highest BCUT2D eigenvalue weighted by Crippen LogP contribution is 2.06. The second kappa shape index (κ2) is 8.73. The maximum Gasteiger partial charge on any atom is 0.305 e. The highest BCUT2D eigenvalue weighted by Gasteiger charge is 2.05. The number of nitrogens with one attached hydrogen (secondary N) is 1. The van der Waals surface area contributed by atoms with Gasteiger partial charge < -0.3 is 10.1 Å². The van der Waals surface area contributed by atoms with Crippen LogP contribution >= 0.6 is 0 Å². The minimum Gasteiger partial charge on any atom is -0.465 e. The molecular formula is C11H21NO2. The lowest BCUT2D eigenvalue weighted by Gasteiger charge is -2.10. The Balaban J connectivity index is 3.38. The van der Waals surface area contributed by atoms with Crippen LogP contribution in [-0.2, 0) is 9.53 Å². The Morgan fingerprint density at radius 1 is 1.57 bits per heavy atom. The van der Waals surface area contributed by atoms with E-state index in [2.05, 4.69) is 13.8 Å². The van der Waals surface area contributed by atoms with Crippen molar-refractivity contribution in [3.8, 4) is 0 Å². The fourth-order valence-corrected chi connectivity index (χ4v) is 1.23. The third kappa shape index (κ3) is 7.77. The zero-order chi connectivity index (χ0) is 10.8. The van der Waals surface area contributed by atoms with Crippen LogP contribution in [0.2, 0.25) is 0 Å². The number of carbonyl (C=O) groups is 1. The van der Waals surface area contributed by atoms with Gasteiger partial charge >= 0.3 is 5.97 Å². The van der Waals surface area contributed by atoms with Crippen LogP contribution in [-0.4, -0.2) is 18.8 Å². The number of carbonyl (C=O) groups excluding carboxylic acids is 1. The van der Waals surface area contributed by atoms with Gasteiger partial charge in [0.1, 0.15) is 0 Å². The molecule has 3 nitrogen and oxygen atoms in total. The SMILES string of the molecule is CCCC(C)COC(=O)CCCC=N. The average molecular weight is 199 g/mol. The van der Waals surface area contributed by atoms with Gasteiger partial charge in [-0.25, -0.2) is 0 Å². The Kier molecular flexibility index (Phi) is 8.19. The van der Waals surface area contributed by atoms with Crippen molar-refractivity contribution in [2.24, 2.45) is 5.92 Å². The van der Waals surface area contributed by atoms with Gasteiger partial charge in [0.25, 0.3) is 0 Å². The first-order chi connectivity index (χ1) is 6.70. The van der Waals surface area contributed by atoms with Crippen LogP contribution in [0.4, 0.5) is 0 Å². The summed E-state index contributed by atoms with van der Waals surface area (Å²) in [5, 5.41) is 6.79. The summed E-state index contributed by atoms with van der Waals surface area (Å²) in [6.07, 6.45) is 5.39. The molecule has 1 N–H and O–H groups in total. The molecule has 1 unspecified atom stereocenters. The molecular weight excluding hydrogens is 178 g/mol. The van der Waals surface area contributed by atoms with E-state index < -0.39 is 0 Å². The van der Waals surface area contributed by atoms with Crippen molar-refractivity contribution < 1.29 is 9.53 Å². The lowest BCUT2D eigenvalue weighted by atomic mass is 10.1. The molecule has 0 aliphatic carbocycles. The van der Waals surface area contributed by atoms with Crippen molar-refractivity contribution in [1.82, 2.24) is 0 Å². The van der Waals surface area contributed by atoms with Crippen molar-refractivity contribution >= 4 is 12.2 Å². The molecule has 0 saturated heterocycles. The molecule has 0 aliphatic heterocycles. The Labute approximate surface area is 86.3 Å². The number of hydrogen-bond donors (Lipinski definition) is 1. The van der Waals surface area contributed by atoms with E-state index in [1.807, 2.05) is 0 Å². The van der Waals surface area contributed by atoms with E-state index in [9.17, 15) is 4.79 Å². The van der Waals surface area contributed by atoms with E-state index in [1.165, 1.54) is 6.21 Å². The number of rotatable bonds is 8. The van der Waals surface area contributed by atoms with Crippen molar-refractivity contribution in [1.29, 1.82) is 5.41 Å². The lowest BCUT2D eigenvalue weighted by Crippen LogP contribution is -2.11. The quantitative estimate of drug-likeness (QED) is 0.371. The molecule has 3 heteroatoms. The minimum absolute atomic E-state index is 0.130. The second-order valence-electron chi connectivity index (χ2n) is 3.67. The van der Waals surface area contributed by atoms with Crippen LogP contribution < -0.4 is 0 Å². The van der Waals surface area contributed by atoms with Gasteiger partial charge in [0.2, 0.25) is 0 Å². The van der Waals surface area contributed by atoms with Gasteiger partial charge in [-0.15, -0.1) is 0 Å². The summed E-state index contributed by atoms with van der Waals surface area (Å²) < 4.78 is 5.09. The van der Waals surface area contributed by atoms with Crippen LogP contribution in [0.25, 0.3) is 0 Å². The van der Waals surface area contributed by atoms with Gasteiger partial charge in [-0.2, -0.15) is 0 Å². The molecule has 0 radical (unpaired) electrons. The summed E-state index contributed by atoms with van der Waals surface area (Å²) in [5.41, 5.74) is 0. The van der Waals surface area contributed by atoms with E-state index in [1.54, 1.807) is 0 Å². The van der Waals surface area contributed by atoms with E-state index in [-0.39, 0.29) is 5.97 Å². The van der Waals surface area contributed by atoms with Crippen molar-refractivity contribution in [3.63, 3.8) is 0 Å². The minimum atomic E-state index is -0.130. The summed E-state index contributed by atoms with van der Waals surface area (Å²) in [5.74, 6) is 0.335. The van der Waals surface area contributed by atoms with Crippen LogP contribution in [0.3, 0.4) is 0 Å². The maximum atomic E-state index is 11.1. The monoisotopic (exact) mass is 199 g/mol. The van der Waals surface area contributed by atoms with Crippen molar-refractivity contribution in [3.05, 3.63) is 0 Å². The molecule has 0 aromatic rings. The lowest BCUT2D eigenvalue weighted by molar-refractivity contribution is -0.145. The normalized spacial score (nSPS) is 12.1. The Hall–Kier alpha value is -0.860. The molecule has 0 spiro atoms. The smallest absolute Gasteiger partial charge is 0.305 e. The Morgan fingerprint density at radius 3 is 2.86 bits per heavy atom. The molecule has 82 valence electrons. The van der Waals surface area contributed by atoms with E-state index in [0.717, 1.165) is 19.3 Å². The number of esters is 1. The number of ether oxygens (including phenoxy) is 1. The molecule has 0 bridgehead atoms. The molecule has 0 heterocycles. The van der Waals surface area contributed by atoms with Crippen LogP contribution in [0.1, 0.15) is 46.0 Å². The zero-order valence-electron chi connectivity index (χ0n) is 9.21. The zero-order valence-corrected chi connectivity index (χ0v) is 9.21. The molecule has 0 amide bonds. The number of unbranched alkanes of at least 4 members (excludes halogenated alkanes) is 1. The summed E-state index contributed by atoms with van der Waals surface area (Å²) in [4.78, 5) is 11.1. The van der Waals surface area contributed by atoms with Gasteiger partial charge in [0.15, 0.2) is 0 Å². The fourth-order valence-electron chi connectivity index (χ4n) is 1.23. The first-order valence-electron chi connectivity index (χ1n) is 5.35. The van der Waals surface area contributed by atoms with Crippen LogP contribution in [0, 0.1) is 11.3 Å². The highest BCUT2D eigenvalue weighted by molar-refractivity contribution is 5.69. The Bertz CT molecular complexity index is 169. The van der Waals surface area contributed by atoms with E-state index in [0.29, 0.717) is 25.4 Å². The van der Waals surface area contributed by atoms with Gasteiger partial charge in [0.05, 0.1) is 6.61 Å². The summed E-state index contributed by atoms with van der Waals surface area (Å²) >= 11 is 0. The summed E-state index contributed by atoms with van der Waals surface area (Å²) in [7, 11) is 0. The molecule has 0 aliphatic rings. The van der Waals surface area contributed by atoms with Gasteiger partial charge in [-0.1, -0.05) is 20.3 Å². The topological polar surface area (TPSA) is 50.2 Å². The summed E-state index contributed by atoms with van der Waals surface area (Å²) in [6.45, 7) is 4.76. The molecule has 0 saturated carbocycles. The summed E-state index contributed by atoms with van der Waals surface area (Å²) in [6, 6.07) is 0. The molecule has 0 fully saturated rings. The molecule has 14 heavy (non-hydrogen) atoms. The molecule has 0 rings (SSSR count). The van der Waals surface area contributed by atoms with Gasteiger partial charge in [-0.3, -0.25) is 4.79 Å².